The Labute approximate surface area is 120 Å². The molecule has 0 radical (unpaired) electrons. The molecule has 0 spiro atoms. The van der Waals surface area contributed by atoms with Gasteiger partial charge in [-0.2, -0.15) is 0 Å². The zero-order chi connectivity index (χ0) is 14.2. The number of hydrogen-bond donors (Lipinski definition) is 1. The van der Waals surface area contributed by atoms with E-state index in [1.807, 2.05) is 19.2 Å². The van der Waals surface area contributed by atoms with Crippen LogP contribution in [0, 0.1) is 0 Å². The maximum absolute atomic E-state index is 5.55. The van der Waals surface area contributed by atoms with E-state index in [1.54, 1.807) is 6.20 Å². The van der Waals surface area contributed by atoms with Gasteiger partial charge in [-0.15, -0.1) is 0 Å². The number of aromatic nitrogens is 1. The summed E-state index contributed by atoms with van der Waals surface area (Å²) >= 11 is 0. The van der Waals surface area contributed by atoms with Crippen molar-refractivity contribution >= 4 is 0 Å². The molecule has 1 aliphatic rings. The first-order valence-corrected chi connectivity index (χ1v) is 7.37. The normalized spacial score (nSPS) is 17.3. The van der Waals surface area contributed by atoms with Crippen LogP contribution in [-0.4, -0.2) is 37.6 Å². The van der Waals surface area contributed by atoms with Crippen molar-refractivity contribution in [2.45, 2.75) is 39.0 Å². The molecule has 2 heterocycles. The fraction of sp³-hybridized carbons (Fsp3) is 0.667. The highest BCUT2D eigenvalue weighted by Crippen LogP contribution is 2.24. The number of rotatable bonds is 8. The summed E-state index contributed by atoms with van der Waals surface area (Å²) in [5.74, 6) is 0.807. The predicted octanol–water partition coefficient (Wildman–Crippen LogP) is 2.28. The summed E-state index contributed by atoms with van der Waals surface area (Å²) in [5, 5.41) is 3.53. The van der Waals surface area contributed by atoms with E-state index in [0.29, 0.717) is 19.8 Å². The summed E-state index contributed by atoms with van der Waals surface area (Å²) in [7, 11) is 0. The number of ether oxygens (including phenoxy) is 3. The Morgan fingerprint density at radius 1 is 1.35 bits per heavy atom. The largest absolute Gasteiger partial charge is 0.492 e. The van der Waals surface area contributed by atoms with Gasteiger partial charge in [0, 0.05) is 18.7 Å². The Morgan fingerprint density at radius 2 is 2.15 bits per heavy atom. The molecule has 5 nitrogen and oxygen atoms in total. The Hall–Kier alpha value is -1.17. The van der Waals surface area contributed by atoms with Gasteiger partial charge in [0.1, 0.15) is 5.75 Å². The SMILES string of the molecule is CCCNC(CC1OCCO1)c1cncc(OCC)c1. The van der Waals surface area contributed by atoms with Gasteiger partial charge in [-0.1, -0.05) is 6.92 Å². The van der Waals surface area contributed by atoms with Gasteiger partial charge in [0.25, 0.3) is 0 Å². The minimum atomic E-state index is -0.125. The Balaban J connectivity index is 2.05. The van der Waals surface area contributed by atoms with Crippen molar-refractivity contribution in [1.82, 2.24) is 10.3 Å². The van der Waals surface area contributed by atoms with Crippen LogP contribution in [0.3, 0.4) is 0 Å². The van der Waals surface area contributed by atoms with Crippen LogP contribution in [0.2, 0.25) is 0 Å². The van der Waals surface area contributed by atoms with Gasteiger partial charge in [-0.25, -0.2) is 0 Å². The second kappa shape index (κ2) is 8.19. The summed E-state index contributed by atoms with van der Waals surface area (Å²) in [4.78, 5) is 4.26. The molecule has 1 aliphatic heterocycles. The van der Waals surface area contributed by atoms with E-state index in [-0.39, 0.29) is 12.3 Å². The first kappa shape index (κ1) is 15.2. The van der Waals surface area contributed by atoms with Crippen molar-refractivity contribution in [1.29, 1.82) is 0 Å². The highest BCUT2D eigenvalue weighted by molar-refractivity contribution is 5.26. The van der Waals surface area contributed by atoms with E-state index in [9.17, 15) is 0 Å². The van der Waals surface area contributed by atoms with Crippen LogP contribution >= 0.6 is 0 Å². The molecule has 5 heteroatoms. The second-order valence-electron chi connectivity index (χ2n) is 4.80. The van der Waals surface area contributed by atoms with Gasteiger partial charge in [0.15, 0.2) is 6.29 Å². The van der Waals surface area contributed by atoms with E-state index in [4.69, 9.17) is 14.2 Å². The molecule has 1 atom stereocenters. The molecule has 0 aliphatic carbocycles. The van der Waals surface area contributed by atoms with Crippen molar-refractivity contribution in [3.8, 4) is 5.75 Å². The van der Waals surface area contributed by atoms with Gasteiger partial charge in [0.2, 0.25) is 0 Å². The van der Waals surface area contributed by atoms with E-state index in [0.717, 1.165) is 30.7 Å². The van der Waals surface area contributed by atoms with Crippen LogP contribution in [0.25, 0.3) is 0 Å². The smallest absolute Gasteiger partial charge is 0.159 e. The lowest BCUT2D eigenvalue weighted by atomic mass is 10.1. The summed E-state index contributed by atoms with van der Waals surface area (Å²) in [6.07, 6.45) is 5.37. The van der Waals surface area contributed by atoms with E-state index >= 15 is 0 Å². The first-order chi connectivity index (χ1) is 9.83. The van der Waals surface area contributed by atoms with Crippen molar-refractivity contribution < 1.29 is 14.2 Å². The Bertz CT molecular complexity index is 394. The standard InChI is InChI=1S/C15H24N2O3/c1-3-5-17-14(9-15-19-6-7-20-15)12-8-13(18-4-2)11-16-10-12/h8,10-11,14-15,17H,3-7,9H2,1-2H3. The van der Waals surface area contributed by atoms with Gasteiger partial charge < -0.3 is 19.5 Å². The fourth-order valence-electron chi connectivity index (χ4n) is 2.26. The zero-order valence-corrected chi connectivity index (χ0v) is 12.3. The van der Waals surface area contributed by atoms with Crippen molar-refractivity contribution in [2.75, 3.05) is 26.4 Å². The van der Waals surface area contributed by atoms with Crippen LogP contribution in [0.1, 0.15) is 38.3 Å². The summed E-state index contributed by atoms with van der Waals surface area (Å²) in [6.45, 7) is 7.09. The maximum atomic E-state index is 5.55. The molecule has 1 saturated heterocycles. The third-order valence-corrected chi connectivity index (χ3v) is 3.21. The molecule has 0 amide bonds. The molecular formula is C15H24N2O3. The van der Waals surface area contributed by atoms with Crippen LogP contribution in [-0.2, 0) is 9.47 Å². The third kappa shape index (κ3) is 4.44. The van der Waals surface area contributed by atoms with E-state index in [1.165, 1.54) is 0 Å². The quantitative estimate of drug-likeness (QED) is 0.791. The summed E-state index contributed by atoms with van der Waals surface area (Å²) in [6, 6.07) is 2.21. The minimum absolute atomic E-state index is 0.125. The third-order valence-electron chi connectivity index (χ3n) is 3.21. The van der Waals surface area contributed by atoms with Crippen LogP contribution in [0.4, 0.5) is 0 Å². The molecule has 0 bridgehead atoms. The zero-order valence-electron chi connectivity index (χ0n) is 12.3. The van der Waals surface area contributed by atoms with Gasteiger partial charge in [-0.05, 0) is 31.5 Å². The molecule has 20 heavy (non-hydrogen) atoms. The maximum Gasteiger partial charge on any atom is 0.159 e. The molecule has 0 aromatic carbocycles. The van der Waals surface area contributed by atoms with Crippen molar-refractivity contribution in [3.63, 3.8) is 0 Å². The molecule has 1 N–H and O–H groups in total. The topological polar surface area (TPSA) is 52.6 Å². The highest BCUT2D eigenvalue weighted by atomic mass is 16.7. The molecule has 1 aromatic rings. The Morgan fingerprint density at radius 3 is 2.85 bits per heavy atom. The summed E-state index contributed by atoms with van der Waals surface area (Å²) < 4.78 is 16.6. The van der Waals surface area contributed by atoms with Crippen LogP contribution in [0.15, 0.2) is 18.5 Å². The average molecular weight is 280 g/mol. The molecule has 1 fully saturated rings. The van der Waals surface area contributed by atoms with Crippen molar-refractivity contribution in [2.24, 2.45) is 0 Å². The summed E-state index contributed by atoms with van der Waals surface area (Å²) in [5.41, 5.74) is 1.11. The van der Waals surface area contributed by atoms with E-state index < -0.39 is 0 Å². The van der Waals surface area contributed by atoms with Crippen LogP contribution in [0.5, 0.6) is 5.75 Å². The first-order valence-electron chi connectivity index (χ1n) is 7.37. The molecule has 112 valence electrons. The fourth-order valence-corrected chi connectivity index (χ4v) is 2.26. The van der Waals surface area contributed by atoms with Gasteiger partial charge in [0.05, 0.1) is 26.0 Å². The number of pyridine rings is 1. The molecule has 1 unspecified atom stereocenters. The van der Waals surface area contributed by atoms with Gasteiger partial charge in [-0.3, -0.25) is 4.98 Å². The number of nitrogens with zero attached hydrogens (tertiary/aromatic N) is 1. The highest BCUT2D eigenvalue weighted by Gasteiger charge is 2.22. The minimum Gasteiger partial charge on any atom is -0.492 e. The monoisotopic (exact) mass is 280 g/mol. The second-order valence-corrected chi connectivity index (χ2v) is 4.80. The van der Waals surface area contributed by atoms with Crippen LogP contribution < -0.4 is 10.1 Å². The lowest BCUT2D eigenvalue weighted by molar-refractivity contribution is -0.0530. The van der Waals surface area contributed by atoms with E-state index in [2.05, 4.69) is 17.2 Å². The van der Waals surface area contributed by atoms with Crippen molar-refractivity contribution in [3.05, 3.63) is 24.0 Å². The lowest BCUT2D eigenvalue weighted by Crippen LogP contribution is -2.27. The Kier molecular flexibility index (Phi) is 6.24. The molecular weight excluding hydrogens is 256 g/mol. The molecule has 1 aromatic heterocycles. The number of hydrogen-bond acceptors (Lipinski definition) is 5. The lowest BCUT2D eigenvalue weighted by Gasteiger charge is -2.21. The molecule has 0 saturated carbocycles. The number of nitrogens with one attached hydrogen (secondary N) is 1. The van der Waals surface area contributed by atoms with Gasteiger partial charge >= 0.3 is 0 Å². The average Bonchev–Trinajstić information content (AvgIpc) is 2.97. The predicted molar refractivity (Wildman–Crippen MR) is 76.7 cm³/mol. The molecule has 2 rings (SSSR count).